The average molecular weight is 307 g/mol. The molecular weight excluding hydrogens is 294 g/mol. The number of aliphatic hydroxyl groups is 1. The first-order valence-corrected chi connectivity index (χ1v) is 7.22. The molecule has 0 saturated carbocycles. The minimum Gasteiger partial charge on any atom is -0.422 e. The molecule has 0 aliphatic rings. The maximum Gasteiger partial charge on any atom is 0.344 e. The van der Waals surface area contributed by atoms with E-state index < -0.39 is 5.63 Å². The van der Waals surface area contributed by atoms with Gasteiger partial charge in [-0.3, -0.25) is 4.79 Å². The molecule has 0 aliphatic carbocycles. The Morgan fingerprint density at radius 1 is 1.09 bits per heavy atom. The Hall–Kier alpha value is -2.92. The van der Waals surface area contributed by atoms with Crippen LogP contribution in [-0.2, 0) is 6.61 Å². The van der Waals surface area contributed by atoms with Crippen molar-refractivity contribution in [2.24, 2.45) is 0 Å². The number of hydrogen-bond donors (Lipinski definition) is 2. The van der Waals surface area contributed by atoms with E-state index in [1.54, 1.807) is 37.3 Å². The summed E-state index contributed by atoms with van der Waals surface area (Å²) in [5, 5.41) is 12.1. The van der Waals surface area contributed by atoms with Gasteiger partial charge in [0.1, 0.15) is 5.58 Å². The summed E-state index contributed by atoms with van der Waals surface area (Å²) in [5.74, 6) is 0. The Kier molecular flexibility index (Phi) is 2.86. The van der Waals surface area contributed by atoms with Crippen molar-refractivity contribution in [1.29, 1.82) is 0 Å². The van der Waals surface area contributed by atoms with Crippen LogP contribution in [0.3, 0.4) is 0 Å². The second-order valence-electron chi connectivity index (χ2n) is 5.57. The summed E-state index contributed by atoms with van der Waals surface area (Å²) in [6.07, 6.45) is 0. The first kappa shape index (κ1) is 13.7. The number of benzene rings is 2. The van der Waals surface area contributed by atoms with Crippen LogP contribution in [0, 0.1) is 6.92 Å². The van der Waals surface area contributed by atoms with Gasteiger partial charge in [0.2, 0.25) is 5.56 Å². The number of aryl methyl sites for hydroxylation is 1. The van der Waals surface area contributed by atoms with E-state index in [4.69, 9.17) is 4.42 Å². The van der Waals surface area contributed by atoms with Crippen molar-refractivity contribution in [2.75, 3.05) is 0 Å². The van der Waals surface area contributed by atoms with E-state index in [1.807, 2.05) is 0 Å². The first-order valence-electron chi connectivity index (χ1n) is 7.22. The van der Waals surface area contributed by atoms with E-state index >= 15 is 0 Å². The summed E-state index contributed by atoms with van der Waals surface area (Å²) in [4.78, 5) is 26.9. The zero-order chi connectivity index (χ0) is 16.1. The molecule has 0 fully saturated rings. The number of pyridine rings is 1. The lowest BCUT2D eigenvalue weighted by Gasteiger charge is -2.10. The number of aromatic nitrogens is 1. The van der Waals surface area contributed by atoms with Gasteiger partial charge >= 0.3 is 5.63 Å². The number of aliphatic hydroxyl groups excluding tert-OH is 1. The molecule has 5 heteroatoms. The molecule has 4 aromatic rings. The lowest BCUT2D eigenvalue weighted by molar-refractivity contribution is 0.283. The molecule has 0 saturated heterocycles. The number of fused-ring (bicyclic) bond motifs is 5. The van der Waals surface area contributed by atoms with Crippen LogP contribution in [0.2, 0.25) is 0 Å². The molecule has 0 radical (unpaired) electrons. The molecule has 2 aromatic heterocycles. The Morgan fingerprint density at radius 3 is 2.70 bits per heavy atom. The third-order valence-corrected chi connectivity index (χ3v) is 4.16. The predicted molar refractivity (Wildman–Crippen MR) is 88.8 cm³/mol. The summed E-state index contributed by atoms with van der Waals surface area (Å²) < 4.78 is 5.45. The molecule has 0 spiro atoms. The van der Waals surface area contributed by atoms with Crippen LogP contribution in [0.15, 0.2) is 50.4 Å². The predicted octanol–water partition coefficient (Wildman–Crippen LogP) is 2.59. The molecular formula is C18H13NO4. The highest BCUT2D eigenvalue weighted by atomic mass is 16.4. The van der Waals surface area contributed by atoms with Crippen molar-refractivity contribution < 1.29 is 9.52 Å². The van der Waals surface area contributed by atoms with E-state index in [0.29, 0.717) is 38.4 Å². The summed E-state index contributed by atoms with van der Waals surface area (Å²) in [6.45, 7) is 1.64. The van der Waals surface area contributed by atoms with E-state index in [9.17, 15) is 14.7 Å². The summed E-state index contributed by atoms with van der Waals surface area (Å²) >= 11 is 0. The van der Waals surface area contributed by atoms with Crippen molar-refractivity contribution in [3.8, 4) is 0 Å². The number of nitrogens with one attached hydrogen (secondary N) is 1. The Bertz CT molecular complexity index is 1200. The first-order chi connectivity index (χ1) is 11.1. The van der Waals surface area contributed by atoms with Gasteiger partial charge in [-0.2, -0.15) is 0 Å². The van der Waals surface area contributed by atoms with E-state index in [-0.39, 0.29) is 12.2 Å². The lowest BCUT2D eigenvalue weighted by Crippen LogP contribution is -2.08. The normalized spacial score (nSPS) is 11.6. The molecule has 0 bridgehead atoms. The van der Waals surface area contributed by atoms with Crippen molar-refractivity contribution in [3.05, 3.63) is 68.3 Å². The van der Waals surface area contributed by atoms with Gasteiger partial charge in [0, 0.05) is 27.7 Å². The average Bonchev–Trinajstić information content (AvgIpc) is 2.53. The molecule has 0 aliphatic heterocycles. The Morgan fingerprint density at radius 2 is 1.91 bits per heavy atom. The van der Waals surface area contributed by atoms with Crippen LogP contribution >= 0.6 is 0 Å². The van der Waals surface area contributed by atoms with Crippen molar-refractivity contribution >= 4 is 32.6 Å². The van der Waals surface area contributed by atoms with Crippen LogP contribution in [-0.4, -0.2) is 10.1 Å². The van der Waals surface area contributed by atoms with E-state index in [2.05, 4.69) is 4.98 Å². The molecule has 114 valence electrons. The van der Waals surface area contributed by atoms with Gasteiger partial charge < -0.3 is 14.5 Å². The standard InChI is InChI=1S/C18H13NO4/c1-9-7-14(21)19-12-6-5-11-16-10(8-20)3-2-4-13(16)23-18(22)17(11)15(9)12/h2-7,20H,8H2,1H3,(H,19,21). The Labute approximate surface area is 129 Å². The molecule has 2 N–H and O–H groups in total. The minimum atomic E-state index is -0.455. The SMILES string of the molecule is Cc1cc(=O)[nH]c2ccc3c4c(CO)cccc4oc(=O)c3c12. The molecule has 2 heterocycles. The van der Waals surface area contributed by atoms with Crippen LogP contribution < -0.4 is 11.2 Å². The van der Waals surface area contributed by atoms with Gasteiger partial charge in [-0.1, -0.05) is 18.2 Å². The summed E-state index contributed by atoms with van der Waals surface area (Å²) in [5.41, 5.74) is 1.77. The molecule has 2 aromatic carbocycles. The zero-order valence-electron chi connectivity index (χ0n) is 12.3. The molecule has 0 atom stereocenters. The molecule has 0 amide bonds. The molecule has 0 unspecified atom stereocenters. The number of hydrogen-bond acceptors (Lipinski definition) is 4. The maximum atomic E-state index is 12.5. The fourth-order valence-corrected chi connectivity index (χ4v) is 3.22. The summed E-state index contributed by atoms with van der Waals surface area (Å²) in [7, 11) is 0. The second kappa shape index (κ2) is 4.79. The zero-order valence-corrected chi connectivity index (χ0v) is 12.3. The van der Waals surface area contributed by atoms with E-state index in [1.165, 1.54) is 6.07 Å². The maximum absolute atomic E-state index is 12.5. The van der Waals surface area contributed by atoms with Crippen molar-refractivity contribution in [2.45, 2.75) is 13.5 Å². The van der Waals surface area contributed by atoms with E-state index in [0.717, 1.165) is 5.39 Å². The molecule has 5 nitrogen and oxygen atoms in total. The highest BCUT2D eigenvalue weighted by Gasteiger charge is 2.15. The topological polar surface area (TPSA) is 83.3 Å². The van der Waals surface area contributed by atoms with Gasteiger partial charge in [0.15, 0.2) is 0 Å². The number of aromatic amines is 1. The van der Waals surface area contributed by atoms with Crippen LogP contribution in [0.5, 0.6) is 0 Å². The number of H-pyrrole nitrogens is 1. The van der Waals surface area contributed by atoms with Gasteiger partial charge in [0.25, 0.3) is 0 Å². The third kappa shape index (κ3) is 1.90. The van der Waals surface area contributed by atoms with Crippen LogP contribution in [0.25, 0.3) is 32.6 Å². The smallest absolute Gasteiger partial charge is 0.344 e. The highest BCUT2D eigenvalue weighted by molar-refractivity contribution is 6.16. The fourth-order valence-electron chi connectivity index (χ4n) is 3.22. The van der Waals surface area contributed by atoms with Crippen molar-refractivity contribution in [3.63, 3.8) is 0 Å². The quantitative estimate of drug-likeness (QED) is 0.418. The Balaban J connectivity index is 2.38. The molecule has 23 heavy (non-hydrogen) atoms. The van der Waals surface area contributed by atoms with Gasteiger partial charge in [0.05, 0.1) is 12.0 Å². The minimum absolute atomic E-state index is 0.150. The largest absolute Gasteiger partial charge is 0.422 e. The van der Waals surface area contributed by atoms with Crippen molar-refractivity contribution in [1.82, 2.24) is 4.98 Å². The monoisotopic (exact) mass is 307 g/mol. The third-order valence-electron chi connectivity index (χ3n) is 4.16. The van der Waals surface area contributed by atoms with Gasteiger partial charge in [-0.25, -0.2) is 4.79 Å². The highest BCUT2D eigenvalue weighted by Crippen LogP contribution is 2.31. The summed E-state index contributed by atoms with van der Waals surface area (Å²) in [6, 6.07) is 10.3. The van der Waals surface area contributed by atoms with Crippen LogP contribution in [0.1, 0.15) is 11.1 Å². The molecule has 4 rings (SSSR count). The second-order valence-corrected chi connectivity index (χ2v) is 5.57. The van der Waals surface area contributed by atoms with Gasteiger partial charge in [-0.15, -0.1) is 0 Å². The number of rotatable bonds is 1. The van der Waals surface area contributed by atoms with Gasteiger partial charge in [-0.05, 0) is 30.2 Å². The van der Waals surface area contributed by atoms with Crippen LogP contribution in [0.4, 0.5) is 0 Å². The fraction of sp³-hybridized carbons (Fsp3) is 0.111. The lowest BCUT2D eigenvalue weighted by atomic mass is 9.98.